The average Bonchev–Trinajstić information content (AvgIpc) is 3.01. The maximum Gasteiger partial charge on any atom is 0.267 e. The number of ether oxygens (including phenoxy) is 1. The topological polar surface area (TPSA) is 64.1 Å². The number of rotatable bonds is 8. The predicted molar refractivity (Wildman–Crippen MR) is 100 cm³/mol. The molecule has 0 unspecified atom stereocenters. The Morgan fingerprint density at radius 2 is 2.12 bits per heavy atom. The minimum atomic E-state index is -0.554. The Morgan fingerprint density at radius 3 is 2.83 bits per heavy atom. The first-order chi connectivity index (χ1) is 11.5. The number of amides is 1. The van der Waals surface area contributed by atoms with E-state index in [4.69, 9.17) is 4.74 Å². The lowest BCUT2D eigenvalue weighted by Gasteiger charge is -2.18. The smallest absolute Gasteiger partial charge is 0.267 e. The van der Waals surface area contributed by atoms with Gasteiger partial charge in [0, 0.05) is 5.75 Å². The number of carbonyl (C=O) groups is 1. The largest absolute Gasteiger partial charge is 0.480 e. The van der Waals surface area contributed by atoms with Crippen molar-refractivity contribution in [3.05, 3.63) is 29.3 Å². The van der Waals surface area contributed by atoms with Crippen LogP contribution in [0.2, 0.25) is 0 Å². The van der Waals surface area contributed by atoms with E-state index >= 15 is 0 Å². The Bertz CT molecular complexity index is 688. The van der Waals surface area contributed by atoms with E-state index in [0.29, 0.717) is 11.6 Å². The van der Waals surface area contributed by atoms with E-state index in [1.54, 1.807) is 11.8 Å². The van der Waals surface area contributed by atoms with Crippen molar-refractivity contribution < 1.29 is 9.53 Å². The Kier molecular flexibility index (Phi) is 7.05. The first kappa shape index (κ1) is 18.7. The SMILES string of the molecule is CCCSc1nnc(NC(=O)[C@@H](CC)Oc2cccc(C)c2C)s1. The molecule has 24 heavy (non-hydrogen) atoms. The van der Waals surface area contributed by atoms with E-state index in [-0.39, 0.29) is 5.91 Å². The Labute approximate surface area is 151 Å². The maximum absolute atomic E-state index is 12.5. The van der Waals surface area contributed by atoms with E-state index in [1.807, 2.05) is 39.0 Å². The summed E-state index contributed by atoms with van der Waals surface area (Å²) in [5.41, 5.74) is 2.20. The number of thioether (sulfide) groups is 1. The summed E-state index contributed by atoms with van der Waals surface area (Å²) in [4.78, 5) is 12.5. The summed E-state index contributed by atoms with van der Waals surface area (Å²) in [5.74, 6) is 1.55. The summed E-state index contributed by atoms with van der Waals surface area (Å²) in [6, 6.07) is 5.85. The Balaban J connectivity index is 2.01. The van der Waals surface area contributed by atoms with Crippen LogP contribution in [0, 0.1) is 13.8 Å². The fraction of sp³-hybridized carbons (Fsp3) is 0.471. The summed E-state index contributed by atoms with van der Waals surface area (Å²) >= 11 is 3.05. The monoisotopic (exact) mass is 365 g/mol. The van der Waals surface area contributed by atoms with Crippen LogP contribution < -0.4 is 10.1 Å². The molecule has 0 saturated heterocycles. The molecule has 0 aliphatic carbocycles. The highest BCUT2D eigenvalue weighted by Gasteiger charge is 2.21. The molecule has 2 aromatic rings. The maximum atomic E-state index is 12.5. The van der Waals surface area contributed by atoms with Gasteiger partial charge in [-0.1, -0.05) is 49.1 Å². The van der Waals surface area contributed by atoms with Gasteiger partial charge < -0.3 is 4.74 Å². The van der Waals surface area contributed by atoms with Crippen molar-refractivity contribution in [2.45, 2.75) is 51.0 Å². The molecule has 2 rings (SSSR count). The van der Waals surface area contributed by atoms with Gasteiger partial charge in [-0.2, -0.15) is 0 Å². The molecule has 0 spiro atoms. The van der Waals surface area contributed by atoms with Crippen LogP contribution >= 0.6 is 23.1 Å². The molecular weight excluding hydrogens is 342 g/mol. The number of aryl methyl sites for hydroxylation is 1. The lowest BCUT2D eigenvalue weighted by molar-refractivity contribution is -0.122. The number of nitrogens with one attached hydrogen (secondary N) is 1. The van der Waals surface area contributed by atoms with Crippen molar-refractivity contribution in [1.82, 2.24) is 10.2 Å². The van der Waals surface area contributed by atoms with Gasteiger partial charge in [-0.25, -0.2) is 0 Å². The standard InChI is InChI=1S/C17H23N3O2S2/c1-5-10-23-17-20-19-16(24-17)18-15(21)13(6-2)22-14-9-7-8-11(3)12(14)4/h7-9,13H,5-6,10H2,1-4H3,(H,18,19,21)/t13-/m1/s1. The Morgan fingerprint density at radius 1 is 1.33 bits per heavy atom. The van der Waals surface area contributed by atoms with Gasteiger partial charge in [0.2, 0.25) is 5.13 Å². The number of hydrogen-bond donors (Lipinski definition) is 1. The van der Waals surface area contributed by atoms with Gasteiger partial charge >= 0.3 is 0 Å². The van der Waals surface area contributed by atoms with Crippen LogP contribution in [0.4, 0.5) is 5.13 Å². The van der Waals surface area contributed by atoms with Crippen LogP contribution in [0.5, 0.6) is 5.75 Å². The van der Waals surface area contributed by atoms with Crippen LogP contribution in [0.3, 0.4) is 0 Å². The van der Waals surface area contributed by atoms with Crippen molar-refractivity contribution in [2.75, 3.05) is 11.1 Å². The number of nitrogens with zero attached hydrogens (tertiary/aromatic N) is 2. The molecule has 5 nitrogen and oxygen atoms in total. The lowest BCUT2D eigenvalue weighted by Crippen LogP contribution is -2.32. The van der Waals surface area contributed by atoms with Gasteiger partial charge in [0.1, 0.15) is 5.75 Å². The second kappa shape index (κ2) is 9.03. The molecule has 0 bridgehead atoms. The molecule has 1 aromatic carbocycles. The summed E-state index contributed by atoms with van der Waals surface area (Å²) in [6.45, 7) is 8.07. The van der Waals surface area contributed by atoms with Gasteiger partial charge in [-0.3, -0.25) is 10.1 Å². The minimum absolute atomic E-state index is 0.193. The number of carbonyl (C=O) groups excluding carboxylic acids is 1. The van der Waals surface area contributed by atoms with Gasteiger partial charge in [0.25, 0.3) is 5.91 Å². The highest BCUT2D eigenvalue weighted by molar-refractivity contribution is 8.01. The lowest BCUT2D eigenvalue weighted by atomic mass is 10.1. The molecule has 0 aliphatic heterocycles. The minimum Gasteiger partial charge on any atom is -0.480 e. The van der Waals surface area contributed by atoms with Crippen LogP contribution in [-0.2, 0) is 4.79 Å². The highest BCUT2D eigenvalue weighted by atomic mass is 32.2. The predicted octanol–water partition coefficient (Wildman–Crippen LogP) is 4.45. The molecule has 0 aliphatic rings. The molecule has 0 saturated carbocycles. The first-order valence-corrected chi connectivity index (χ1v) is 9.85. The normalized spacial score (nSPS) is 12.0. The van der Waals surface area contributed by atoms with E-state index in [2.05, 4.69) is 22.4 Å². The summed E-state index contributed by atoms with van der Waals surface area (Å²) in [5, 5.41) is 11.4. The van der Waals surface area contributed by atoms with Gasteiger partial charge in [0.15, 0.2) is 10.4 Å². The van der Waals surface area contributed by atoms with Crippen molar-refractivity contribution in [3.8, 4) is 5.75 Å². The molecule has 7 heteroatoms. The molecule has 1 aromatic heterocycles. The zero-order valence-electron chi connectivity index (χ0n) is 14.5. The molecule has 1 heterocycles. The number of anilines is 1. The zero-order chi connectivity index (χ0) is 17.5. The van der Waals surface area contributed by atoms with Crippen LogP contribution in [-0.4, -0.2) is 28.0 Å². The summed E-state index contributed by atoms with van der Waals surface area (Å²) in [7, 11) is 0. The fourth-order valence-electron chi connectivity index (χ4n) is 2.02. The molecule has 1 atom stereocenters. The molecule has 0 radical (unpaired) electrons. The molecule has 1 amide bonds. The third kappa shape index (κ3) is 4.95. The van der Waals surface area contributed by atoms with Crippen molar-refractivity contribution in [3.63, 3.8) is 0 Å². The van der Waals surface area contributed by atoms with E-state index in [0.717, 1.165) is 33.4 Å². The molecule has 130 valence electrons. The van der Waals surface area contributed by atoms with Crippen molar-refractivity contribution in [2.24, 2.45) is 0 Å². The number of hydrogen-bond acceptors (Lipinski definition) is 6. The van der Waals surface area contributed by atoms with Gasteiger partial charge in [-0.15, -0.1) is 10.2 Å². The molecular formula is C17H23N3O2S2. The fourth-order valence-corrected chi connectivity index (χ4v) is 3.70. The third-order valence-electron chi connectivity index (χ3n) is 3.55. The van der Waals surface area contributed by atoms with Gasteiger partial charge in [-0.05, 0) is 43.9 Å². The van der Waals surface area contributed by atoms with Crippen molar-refractivity contribution >= 4 is 34.1 Å². The second-order valence-corrected chi connectivity index (χ2v) is 7.74. The Hall–Kier alpha value is -1.60. The first-order valence-electron chi connectivity index (χ1n) is 8.05. The zero-order valence-corrected chi connectivity index (χ0v) is 16.1. The number of benzene rings is 1. The summed E-state index contributed by atoms with van der Waals surface area (Å²) in [6.07, 6.45) is 1.10. The average molecular weight is 366 g/mol. The molecule has 0 fully saturated rings. The van der Waals surface area contributed by atoms with Crippen LogP contribution in [0.1, 0.15) is 37.8 Å². The highest BCUT2D eigenvalue weighted by Crippen LogP contribution is 2.27. The van der Waals surface area contributed by atoms with Gasteiger partial charge in [0.05, 0.1) is 0 Å². The third-order valence-corrected chi connectivity index (χ3v) is 5.73. The second-order valence-electron chi connectivity index (χ2n) is 5.42. The quantitative estimate of drug-likeness (QED) is 0.553. The van der Waals surface area contributed by atoms with E-state index in [1.165, 1.54) is 11.3 Å². The van der Waals surface area contributed by atoms with E-state index < -0.39 is 6.10 Å². The van der Waals surface area contributed by atoms with Crippen LogP contribution in [0.15, 0.2) is 22.5 Å². The molecule has 1 N–H and O–H groups in total. The number of aromatic nitrogens is 2. The van der Waals surface area contributed by atoms with Crippen molar-refractivity contribution in [1.29, 1.82) is 0 Å². The van der Waals surface area contributed by atoms with E-state index in [9.17, 15) is 4.79 Å². The summed E-state index contributed by atoms with van der Waals surface area (Å²) < 4.78 is 6.79. The van der Waals surface area contributed by atoms with Crippen LogP contribution in [0.25, 0.3) is 0 Å².